The van der Waals surface area contributed by atoms with E-state index in [0.717, 1.165) is 5.56 Å². The first-order chi connectivity index (χ1) is 14.9. The van der Waals surface area contributed by atoms with Crippen LogP contribution >= 0.6 is 0 Å². The van der Waals surface area contributed by atoms with Crippen molar-refractivity contribution in [1.82, 2.24) is 4.57 Å². The van der Waals surface area contributed by atoms with Gasteiger partial charge in [-0.15, -0.1) is 0 Å². The van der Waals surface area contributed by atoms with Crippen LogP contribution in [0.4, 0.5) is 5.69 Å². The van der Waals surface area contributed by atoms with Crippen LogP contribution in [0.3, 0.4) is 0 Å². The lowest BCUT2D eigenvalue weighted by molar-refractivity contribution is -0.384. The number of nitro groups is 1. The second kappa shape index (κ2) is 7.80. The van der Waals surface area contributed by atoms with E-state index in [-0.39, 0.29) is 34.0 Å². The number of nitrogens with two attached hydrogens (primary N) is 1. The summed E-state index contributed by atoms with van der Waals surface area (Å²) in [7, 11) is 0. The number of allylic oxidation sites excluding steroid dienone is 1. The highest BCUT2D eigenvalue weighted by Gasteiger charge is 2.34. The molecule has 3 aromatic rings. The molecule has 8 nitrogen and oxygen atoms in total. The van der Waals surface area contributed by atoms with Gasteiger partial charge in [0, 0.05) is 23.9 Å². The molecule has 2 N–H and O–H groups in total. The highest BCUT2D eigenvalue weighted by atomic mass is 16.6. The molecule has 0 saturated carbocycles. The monoisotopic (exact) mass is 414 g/mol. The molecule has 8 heteroatoms. The van der Waals surface area contributed by atoms with E-state index in [4.69, 9.17) is 10.5 Å². The minimum Gasteiger partial charge on any atom is -0.440 e. The van der Waals surface area contributed by atoms with Gasteiger partial charge in [0.15, 0.2) is 0 Å². The van der Waals surface area contributed by atoms with E-state index in [1.807, 2.05) is 36.4 Å². The number of nitrogens with zero attached hydrogens (tertiary/aromatic N) is 3. The number of aromatic nitrogens is 1. The van der Waals surface area contributed by atoms with Gasteiger partial charge in [-0.1, -0.05) is 42.5 Å². The Morgan fingerprint density at radius 3 is 2.48 bits per heavy atom. The Kier molecular flexibility index (Phi) is 5.01. The van der Waals surface area contributed by atoms with Crippen molar-refractivity contribution in [3.05, 3.63) is 115 Å². The van der Waals surface area contributed by atoms with Crippen molar-refractivity contribution in [1.29, 1.82) is 5.26 Å². The van der Waals surface area contributed by atoms with Gasteiger partial charge in [0.2, 0.25) is 5.88 Å². The van der Waals surface area contributed by atoms with E-state index in [1.54, 1.807) is 17.6 Å². The van der Waals surface area contributed by atoms with E-state index in [1.165, 1.54) is 24.3 Å². The van der Waals surface area contributed by atoms with Crippen LogP contribution in [-0.2, 0) is 6.54 Å². The highest BCUT2D eigenvalue weighted by molar-refractivity contribution is 5.56. The molecule has 0 bridgehead atoms. The van der Waals surface area contributed by atoms with Crippen LogP contribution in [0, 0.1) is 28.4 Å². The van der Waals surface area contributed by atoms with Gasteiger partial charge in [-0.3, -0.25) is 14.9 Å². The van der Waals surface area contributed by atoms with Gasteiger partial charge in [0.05, 0.1) is 22.9 Å². The number of nitriles is 1. The lowest BCUT2D eigenvalue weighted by Crippen LogP contribution is -2.33. The molecule has 1 aliphatic rings. The molecule has 1 atom stereocenters. The fourth-order valence-corrected chi connectivity index (χ4v) is 3.77. The van der Waals surface area contributed by atoms with Gasteiger partial charge < -0.3 is 15.0 Å². The Hall–Kier alpha value is -4.38. The van der Waals surface area contributed by atoms with Crippen LogP contribution in [0.15, 0.2) is 76.9 Å². The van der Waals surface area contributed by atoms with Crippen LogP contribution in [0.5, 0.6) is 5.75 Å². The van der Waals surface area contributed by atoms with Gasteiger partial charge in [0.1, 0.15) is 17.4 Å². The minimum absolute atomic E-state index is 0.0852. The molecule has 0 fully saturated rings. The van der Waals surface area contributed by atoms with Crippen molar-refractivity contribution in [2.45, 2.75) is 19.4 Å². The lowest BCUT2D eigenvalue weighted by atomic mass is 9.84. The van der Waals surface area contributed by atoms with Crippen LogP contribution in [0.25, 0.3) is 0 Å². The first-order valence-corrected chi connectivity index (χ1v) is 9.51. The molecular formula is C23H18N4O4. The molecule has 0 saturated heterocycles. The normalized spacial score (nSPS) is 15.0. The summed E-state index contributed by atoms with van der Waals surface area (Å²) in [4.78, 5) is 24.1. The van der Waals surface area contributed by atoms with Crippen molar-refractivity contribution < 1.29 is 9.66 Å². The average molecular weight is 414 g/mol. The number of aryl methyl sites for hydroxylation is 1. The summed E-state index contributed by atoms with van der Waals surface area (Å²) in [5, 5.41) is 20.7. The molecule has 154 valence electrons. The van der Waals surface area contributed by atoms with Crippen LogP contribution in [-0.4, -0.2) is 9.49 Å². The maximum Gasteiger partial charge on any atom is 0.269 e. The number of non-ortho nitro benzene ring substituents is 1. The Morgan fingerprint density at radius 1 is 1.19 bits per heavy atom. The van der Waals surface area contributed by atoms with E-state index in [0.29, 0.717) is 17.8 Å². The van der Waals surface area contributed by atoms with Crippen LogP contribution < -0.4 is 16.0 Å². The largest absolute Gasteiger partial charge is 0.440 e. The zero-order valence-corrected chi connectivity index (χ0v) is 16.6. The molecule has 0 aliphatic carbocycles. The molecular weight excluding hydrogens is 396 g/mol. The van der Waals surface area contributed by atoms with Crippen LogP contribution in [0.1, 0.15) is 28.3 Å². The van der Waals surface area contributed by atoms with Crippen molar-refractivity contribution in [3.63, 3.8) is 0 Å². The molecule has 4 rings (SSSR count). The second-order valence-electron chi connectivity index (χ2n) is 7.21. The predicted molar refractivity (Wildman–Crippen MR) is 113 cm³/mol. The lowest BCUT2D eigenvalue weighted by Gasteiger charge is -2.27. The summed E-state index contributed by atoms with van der Waals surface area (Å²) < 4.78 is 7.25. The van der Waals surface area contributed by atoms with Gasteiger partial charge in [-0.05, 0) is 18.1 Å². The summed E-state index contributed by atoms with van der Waals surface area (Å²) >= 11 is 0. The average Bonchev–Trinajstić information content (AvgIpc) is 2.76. The first kappa shape index (κ1) is 19.9. The Labute approximate surface area is 177 Å². The number of benzene rings is 2. The first-order valence-electron chi connectivity index (χ1n) is 9.51. The number of pyridine rings is 1. The molecule has 2 heterocycles. The molecule has 1 aliphatic heterocycles. The van der Waals surface area contributed by atoms with Crippen molar-refractivity contribution in [2.24, 2.45) is 5.73 Å². The van der Waals surface area contributed by atoms with Crippen molar-refractivity contribution in [3.8, 4) is 11.8 Å². The predicted octanol–water partition coefficient (Wildman–Crippen LogP) is 3.33. The second-order valence-corrected chi connectivity index (χ2v) is 7.21. The van der Waals surface area contributed by atoms with E-state index < -0.39 is 10.8 Å². The number of ether oxygens (including phenoxy) is 1. The Bertz CT molecular complexity index is 1300. The summed E-state index contributed by atoms with van der Waals surface area (Å²) in [6.07, 6.45) is 0. The third-order valence-corrected chi connectivity index (χ3v) is 5.31. The summed E-state index contributed by atoms with van der Waals surface area (Å²) in [6.45, 7) is 2.15. The molecule has 0 radical (unpaired) electrons. The van der Waals surface area contributed by atoms with Gasteiger partial charge in [-0.2, -0.15) is 5.26 Å². The quantitative estimate of drug-likeness (QED) is 0.516. The van der Waals surface area contributed by atoms with Crippen LogP contribution in [0.2, 0.25) is 0 Å². The minimum atomic E-state index is -0.787. The standard InChI is InChI=1S/C23H18N4O4/c1-14-11-19-21(23(28)26(14)13-15-5-3-2-4-6-15)20(18(12-24)22(25)31-19)16-7-9-17(10-8-16)27(29)30/h2-11,20H,13,25H2,1H3/t20-/m0/s1. The van der Waals surface area contributed by atoms with Gasteiger partial charge >= 0.3 is 0 Å². The molecule has 0 amide bonds. The van der Waals surface area contributed by atoms with Gasteiger partial charge in [0.25, 0.3) is 11.2 Å². The number of hydrogen-bond acceptors (Lipinski definition) is 6. The zero-order valence-electron chi connectivity index (χ0n) is 16.6. The summed E-state index contributed by atoms with van der Waals surface area (Å²) in [6, 6.07) is 19.0. The smallest absolute Gasteiger partial charge is 0.269 e. The van der Waals surface area contributed by atoms with Gasteiger partial charge in [-0.25, -0.2) is 0 Å². The van der Waals surface area contributed by atoms with E-state index >= 15 is 0 Å². The Morgan fingerprint density at radius 2 is 1.87 bits per heavy atom. The van der Waals surface area contributed by atoms with Crippen molar-refractivity contribution in [2.75, 3.05) is 0 Å². The van der Waals surface area contributed by atoms with E-state index in [9.17, 15) is 20.2 Å². The highest BCUT2D eigenvalue weighted by Crippen LogP contribution is 2.40. The number of nitro benzene ring substituents is 1. The molecule has 31 heavy (non-hydrogen) atoms. The maximum atomic E-state index is 13.6. The van der Waals surface area contributed by atoms with Crippen molar-refractivity contribution >= 4 is 5.69 Å². The van der Waals surface area contributed by atoms with E-state index in [2.05, 4.69) is 0 Å². The molecule has 1 aromatic heterocycles. The maximum absolute atomic E-state index is 13.6. The molecule has 2 aromatic carbocycles. The third-order valence-electron chi connectivity index (χ3n) is 5.31. The summed E-state index contributed by atoms with van der Waals surface area (Å²) in [5.74, 6) is -0.589. The molecule has 0 unspecified atom stereocenters. The Balaban J connectivity index is 1.90. The number of rotatable bonds is 4. The SMILES string of the molecule is Cc1cc2c(c(=O)n1Cc1ccccc1)[C@@H](c1ccc([N+](=O)[O-])cc1)C(C#N)=C(N)O2. The number of hydrogen-bond donors (Lipinski definition) is 1. The summed E-state index contributed by atoms with van der Waals surface area (Å²) in [5.41, 5.74) is 8.15. The molecule has 0 spiro atoms. The fourth-order valence-electron chi connectivity index (χ4n) is 3.77. The third kappa shape index (κ3) is 3.53. The fraction of sp³-hybridized carbons (Fsp3) is 0.130. The number of fused-ring (bicyclic) bond motifs is 1. The zero-order chi connectivity index (χ0) is 22.1. The topological polar surface area (TPSA) is 124 Å².